The summed E-state index contributed by atoms with van der Waals surface area (Å²) in [5, 5.41) is 4.54. The van der Waals surface area contributed by atoms with Crippen LogP contribution in [0.25, 0.3) is 0 Å². The molecule has 2 aromatic rings. The molecule has 1 N–H and O–H groups in total. The summed E-state index contributed by atoms with van der Waals surface area (Å²) in [4.78, 5) is 12.7. The van der Waals surface area contributed by atoms with E-state index in [2.05, 4.69) is 37.2 Å². The molecule has 0 atom stereocenters. The Morgan fingerprint density at radius 1 is 1.14 bits per heavy atom. The minimum absolute atomic E-state index is 0.141. The number of nitrogens with one attached hydrogen (secondary N) is 1. The van der Waals surface area contributed by atoms with Gasteiger partial charge in [-0.1, -0.05) is 28.1 Å². The molecule has 0 radical (unpaired) electrons. The van der Waals surface area contributed by atoms with Gasteiger partial charge in [-0.2, -0.15) is 0 Å². The maximum absolute atomic E-state index is 12.0. The molecule has 0 saturated carbocycles. The first-order valence-corrected chi connectivity index (χ1v) is 10.6. The van der Waals surface area contributed by atoms with Crippen LogP contribution < -0.4 is 5.32 Å². The van der Waals surface area contributed by atoms with Crippen molar-refractivity contribution in [2.45, 2.75) is 12.3 Å². The van der Waals surface area contributed by atoms with E-state index in [4.69, 9.17) is 0 Å². The summed E-state index contributed by atoms with van der Waals surface area (Å²) >= 11 is 8.12. The third kappa shape index (κ3) is 5.83. The van der Waals surface area contributed by atoms with Crippen molar-refractivity contribution in [3.63, 3.8) is 0 Å². The van der Waals surface area contributed by atoms with Crippen LogP contribution in [0.5, 0.6) is 0 Å². The molecular weight excluding hydrogens is 454 g/mol. The van der Waals surface area contributed by atoms with Gasteiger partial charge in [-0.15, -0.1) is 11.3 Å². The minimum Gasteiger partial charge on any atom is -0.350 e. The molecule has 0 aliphatic heterocycles. The summed E-state index contributed by atoms with van der Waals surface area (Å²) in [5.41, 5.74) is 0.665. The Morgan fingerprint density at radius 2 is 1.82 bits per heavy atom. The van der Waals surface area contributed by atoms with E-state index < -0.39 is 21.5 Å². The van der Waals surface area contributed by atoms with Crippen molar-refractivity contribution in [3.05, 3.63) is 55.1 Å². The van der Waals surface area contributed by atoms with E-state index in [1.807, 2.05) is 11.4 Å². The number of hydrogen-bond donors (Lipinski definition) is 1. The zero-order valence-corrected chi connectivity index (χ0v) is 16.2. The van der Waals surface area contributed by atoms with E-state index in [-0.39, 0.29) is 5.75 Å². The van der Waals surface area contributed by atoms with Crippen molar-refractivity contribution in [1.29, 1.82) is 0 Å². The summed E-state index contributed by atoms with van der Waals surface area (Å²) in [7, 11) is -3.48. The summed E-state index contributed by atoms with van der Waals surface area (Å²) < 4.78 is 25.9. The Morgan fingerprint density at radius 3 is 2.41 bits per heavy atom. The summed E-state index contributed by atoms with van der Waals surface area (Å²) in [5.74, 6) is -1.13. The highest BCUT2D eigenvalue weighted by Gasteiger charge is 2.17. The van der Waals surface area contributed by atoms with Crippen molar-refractivity contribution < 1.29 is 13.2 Å². The SMILES string of the molecule is O=C(CS(=O)(=O)Cc1ccc(Br)cc1)NCc1cc(Br)cs1. The molecule has 8 heteroatoms. The van der Waals surface area contributed by atoms with Crippen LogP contribution in [0.2, 0.25) is 0 Å². The minimum atomic E-state index is -3.48. The lowest BCUT2D eigenvalue weighted by Crippen LogP contribution is -2.30. The quantitative estimate of drug-likeness (QED) is 0.708. The van der Waals surface area contributed by atoms with E-state index in [9.17, 15) is 13.2 Å². The van der Waals surface area contributed by atoms with E-state index in [0.717, 1.165) is 13.8 Å². The molecule has 118 valence electrons. The highest BCUT2D eigenvalue weighted by molar-refractivity contribution is 9.10. The summed E-state index contributed by atoms with van der Waals surface area (Å²) in [6.07, 6.45) is 0. The van der Waals surface area contributed by atoms with Gasteiger partial charge in [0.15, 0.2) is 9.84 Å². The molecule has 0 bridgehead atoms. The number of carbonyl (C=O) groups excluding carboxylic acids is 1. The van der Waals surface area contributed by atoms with Gasteiger partial charge in [0.05, 0.1) is 12.3 Å². The molecule has 0 saturated heterocycles. The van der Waals surface area contributed by atoms with E-state index in [1.54, 1.807) is 24.3 Å². The number of amides is 1. The van der Waals surface area contributed by atoms with Gasteiger partial charge in [0, 0.05) is 19.2 Å². The first kappa shape index (κ1) is 17.7. The topological polar surface area (TPSA) is 63.2 Å². The second-order valence-electron chi connectivity index (χ2n) is 4.67. The number of rotatable bonds is 6. The second-order valence-corrected chi connectivity index (χ2v) is 9.56. The number of halogens is 2. The predicted octanol–water partition coefficient (Wildman–Crippen LogP) is 3.50. The Hall–Kier alpha value is -0.700. The van der Waals surface area contributed by atoms with Crippen LogP contribution in [0, 0.1) is 0 Å². The van der Waals surface area contributed by atoms with Gasteiger partial charge in [0.25, 0.3) is 0 Å². The van der Waals surface area contributed by atoms with Crippen molar-refractivity contribution in [2.24, 2.45) is 0 Å². The van der Waals surface area contributed by atoms with E-state index in [1.165, 1.54) is 11.3 Å². The molecule has 1 aromatic heterocycles. The van der Waals surface area contributed by atoms with Crippen molar-refractivity contribution in [3.8, 4) is 0 Å². The first-order valence-electron chi connectivity index (χ1n) is 6.28. The number of benzene rings is 1. The third-order valence-electron chi connectivity index (χ3n) is 2.73. The molecule has 0 spiro atoms. The van der Waals surface area contributed by atoms with Gasteiger partial charge in [-0.3, -0.25) is 4.79 Å². The average Bonchev–Trinajstić information content (AvgIpc) is 2.84. The molecule has 0 unspecified atom stereocenters. The number of thiophene rings is 1. The smallest absolute Gasteiger partial charge is 0.235 e. The normalized spacial score (nSPS) is 11.4. The van der Waals surface area contributed by atoms with Gasteiger partial charge in [0.2, 0.25) is 5.91 Å². The number of hydrogen-bond acceptors (Lipinski definition) is 4. The molecule has 0 aliphatic carbocycles. The monoisotopic (exact) mass is 465 g/mol. The molecule has 0 fully saturated rings. The van der Waals surface area contributed by atoms with Crippen LogP contribution in [0.3, 0.4) is 0 Å². The molecule has 1 heterocycles. The lowest BCUT2D eigenvalue weighted by Gasteiger charge is -2.06. The van der Waals surface area contributed by atoms with Crippen LogP contribution in [-0.2, 0) is 26.9 Å². The van der Waals surface area contributed by atoms with E-state index in [0.29, 0.717) is 12.1 Å². The Balaban J connectivity index is 1.87. The van der Waals surface area contributed by atoms with Crippen LogP contribution in [0.1, 0.15) is 10.4 Å². The number of carbonyl (C=O) groups is 1. The predicted molar refractivity (Wildman–Crippen MR) is 95.5 cm³/mol. The summed E-state index contributed by atoms with van der Waals surface area (Å²) in [6.45, 7) is 0.336. The average molecular weight is 467 g/mol. The van der Waals surface area contributed by atoms with E-state index >= 15 is 0 Å². The fourth-order valence-corrected chi connectivity index (χ4v) is 4.73. The van der Waals surface area contributed by atoms with Gasteiger partial charge in [-0.05, 0) is 39.7 Å². The zero-order valence-electron chi connectivity index (χ0n) is 11.4. The van der Waals surface area contributed by atoms with Crippen LogP contribution >= 0.6 is 43.2 Å². The molecule has 22 heavy (non-hydrogen) atoms. The Labute approximate surface area is 150 Å². The molecular formula is C14H13Br2NO3S2. The van der Waals surface area contributed by atoms with Crippen molar-refractivity contribution in [2.75, 3.05) is 5.75 Å². The fourth-order valence-electron chi connectivity index (χ4n) is 1.77. The standard InChI is InChI=1S/C14H13Br2NO3S2/c15-11-3-1-10(2-4-11)8-22(19,20)9-14(18)17-6-13-5-12(16)7-21-13/h1-5,7H,6,8-9H2,(H,17,18). The zero-order chi connectivity index (χ0) is 16.2. The van der Waals surface area contributed by atoms with Crippen molar-refractivity contribution in [1.82, 2.24) is 5.32 Å². The maximum atomic E-state index is 12.0. The summed E-state index contributed by atoms with van der Waals surface area (Å²) in [6, 6.07) is 8.89. The second kappa shape index (κ2) is 7.72. The first-order chi connectivity index (χ1) is 10.3. The lowest BCUT2D eigenvalue weighted by molar-refractivity contribution is -0.118. The Kier molecular flexibility index (Phi) is 6.19. The molecule has 0 aliphatic rings. The van der Waals surface area contributed by atoms with Crippen molar-refractivity contribution >= 4 is 58.9 Å². The Bertz CT molecular complexity index is 755. The van der Waals surface area contributed by atoms with Crippen LogP contribution in [-0.4, -0.2) is 20.1 Å². The van der Waals surface area contributed by atoms with Gasteiger partial charge >= 0.3 is 0 Å². The van der Waals surface area contributed by atoms with Crippen LogP contribution in [0.4, 0.5) is 0 Å². The number of sulfone groups is 1. The molecule has 2 rings (SSSR count). The molecule has 1 aromatic carbocycles. The highest BCUT2D eigenvalue weighted by Crippen LogP contribution is 2.19. The van der Waals surface area contributed by atoms with Gasteiger partial charge < -0.3 is 5.32 Å². The molecule has 1 amide bonds. The lowest BCUT2D eigenvalue weighted by atomic mass is 10.2. The van der Waals surface area contributed by atoms with Gasteiger partial charge in [0.1, 0.15) is 5.75 Å². The largest absolute Gasteiger partial charge is 0.350 e. The highest BCUT2D eigenvalue weighted by atomic mass is 79.9. The fraction of sp³-hybridized carbons (Fsp3) is 0.214. The third-order valence-corrected chi connectivity index (χ3v) is 6.43. The van der Waals surface area contributed by atoms with Gasteiger partial charge in [-0.25, -0.2) is 8.42 Å². The maximum Gasteiger partial charge on any atom is 0.235 e. The van der Waals surface area contributed by atoms with Crippen LogP contribution in [0.15, 0.2) is 44.7 Å². The molecule has 4 nitrogen and oxygen atoms in total.